The average Bonchev–Trinajstić information content (AvgIpc) is 3.16. The number of ether oxygens (including phenoxy) is 1. The molecule has 0 fully saturated rings. The minimum Gasteiger partial charge on any atom is -0.490 e. The van der Waals surface area contributed by atoms with E-state index in [4.69, 9.17) is 4.74 Å². The number of rotatable bonds is 3. The minimum absolute atomic E-state index is 0.0483. The van der Waals surface area contributed by atoms with Gasteiger partial charge in [-0.3, -0.25) is 9.78 Å². The van der Waals surface area contributed by atoms with Gasteiger partial charge >= 0.3 is 0 Å². The standard InChI is InChI=1S/C19H20N2O2/c1-12-7-16-9-15(5-6-18(16)23-12)19(22)21-11-13-8-14-3-2-4-17(14)20-10-13/h5-6,8-10,12H,2-4,7,11H2,1H3,(H,21,22). The first-order chi connectivity index (χ1) is 11.2. The molecular weight excluding hydrogens is 288 g/mol. The van der Waals surface area contributed by atoms with Crippen LogP contribution in [0.4, 0.5) is 0 Å². The molecule has 0 radical (unpaired) electrons. The molecule has 1 atom stereocenters. The van der Waals surface area contributed by atoms with Crippen molar-refractivity contribution in [3.05, 3.63) is 58.4 Å². The fourth-order valence-electron chi connectivity index (χ4n) is 3.42. The Morgan fingerprint density at radius 3 is 3.13 bits per heavy atom. The first-order valence-electron chi connectivity index (χ1n) is 8.23. The summed E-state index contributed by atoms with van der Waals surface area (Å²) in [6.07, 6.45) is 6.31. The van der Waals surface area contributed by atoms with Crippen LogP contribution in [0, 0.1) is 0 Å². The largest absolute Gasteiger partial charge is 0.490 e. The number of nitrogens with one attached hydrogen (secondary N) is 1. The van der Waals surface area contributed by atoms with E-state index in [9.17, 15) is 4.79 Å². The van der Waals surface area contributed by atoms with Crippen LogP contribution in [0.25, 0.3) is 0 Å². The summed E-state index contributed by atoms with van der Waals surface area (Å²) < 4.78 is 5.67. The predicted octanol–water partition coefficient (Wildman–Crippen LogP) is 2.82. The van der Waals surface area contributed by atoms with E-state index in [1.54, 1.807) is 0 Å². The Hall–Kier alpha value is -2.36. The van der Waals surface area contributed by atoms with E-state index in [1.807, 2.05) is 31.3 Å². The number of hydrogen-bond acceptors (Lipinski definition) is 3. The summed E-state index contributed by atoms with van der Waals surface area (Å²) in [4.78, 5) is 16.9. The fourth-order valence-corrected chi connectivity index (χ4v) is 3.42. The summed E-state index contributed by atoms with van der Waals surface area (Å²) in [6, 6.07) is 7.83. The molecule has 2 aliphatic rings. The average molecular weight is 308 g/mol. The highest BCUT2D eigenvalue weighted by Crippen LogP contribution is 2.29. The van der Waals surface area contributed by atoms with E-state index in [0.29, 0.717) is 12.1 Å². The van der Waals surface area contributed by atoms with E-state index >= 15 is 0 Å². The molecule has 23 heavy (non-hydrogen) atoms. The molecule has 1 aromatic heterocycles. The lowest BCUT2D eigenvalue weighted by atomic mass is 10.1. The summed E-state index contributed by atoms with van der Waals surface area (Å²) in [7, 11) is 0. The van der Waals surface area contributed by atoms with Crippen molar-refractivity contribution in [2.24, 2.45) is 0 Å². The molecule has 1 unspecified atom stereocenters. The van der Waals surface area contributed by atoms with Crippen molar-refractivity contribution in [3.8, 4) is 5.75 Å². The van der Waals surface area contributed by atoms with Crippen LogP contribution in [0.1, 0.15) is 46.1 Å². The maximum Gasteiger partial charge on any atom is 0.251 e. The van der Waals surface area contributed by atoms with Crippen molar-refractivity contribution in [3.63, 3.8) is 0 Å². The van der Waals surface area contributed by atoms with Crippen LogP contribution >= 0.6 is 0 Å². The van der Waals surface area contributed by atoms with Gasteiger partial charge in [0.1, 0.15) is 11.9 Å². The zero-order valence-corrected chi connectivity index (χ0v) is 13.3. The van der Waals surface area contributed by atoms with Gasteiger partial charge in [0.05, 0.1) is 0 Å². The van der Waals surface area contributed by atoms with Gasteiger partial charge in [-0.2, -0.15) is 0 Å². The van der Waals surface area contributed by atoms with E-state index in [1.165, 1.54) is 17.7 Å². The number of aryl methyl sites for hydroxylation is 2. The number of carbonyl (C=O) groups is 1. The van der Waals surface area contributed by atoms with Gasteiger partial charge in [-0.15, -0.1) is 0 Å². The van der Waals surface area contributed by atoms with Crippen molar-refractivity contribution in [2.75, 3.05) is 0 Å². The first kappa shape index (κ1) is 14.2. The monoisotopic (exact) mass is 308 g/mol. The molecule has 1 N–H and O–H groups in total. The number of carbonyl (C=O) groups excluding carboxylic acids is 1. The van der Waals surface area contributed by atoms with Crippen LogP contribution < -0.4 is 10.1 Å². The molecular formula is C19H20N2O2. The molecule has 118 valence electrons. The van der Waals surface area contributed by atoms with Gasteiger partial charge in [-0.1, -0.05) is 6.07 Å². The maximum absolute atomic E-state index is 12.4. The fraction of sp³-hybridized carbons (Fsp3) is 0.368. The molecule has 0 spiro atoms. The zero-order valence-electron chi connectivity index (χ0n) is 13.3. The van der Waals surface area contributed by atoms with Crippen molar-refractivity contribution in [2.45, 2.75) is 45.3 Å². The zero-order chi connectivity index (χ0) is 15.8. The number of amides is 1. The van der Waals surface area contributed by atoms with Crippen molar-refractivity contribution in [1.82, 2.24) is 10.3 Å². The molecule has 1 aliphatic carbocycles. The van der Waals surface area contributed by atoms with Gasteiger partial charge in [0.25, 0.3) is 5.91 Å². The number of hydrogen-bond donors (Lipinski definition) is 1. The Morgan fingerprint density at radius 1 is 1.30 bits per heavy atom. The maximum atomic E-state index is 12.4. The molecule has 2 heterocycles. The first-order valence-corrected chi connectivity index (χ1v) is 8.23. The lowest BCUT2D eigenvalue weighted by Crippen LogP contribution is -2.23. The Labute approximate surface area is 135 Å². The topological polar surface area (TPSA) is 51.2 Å². The van der Waals surface area contributed by atoms with Gasteiger partial charge in [0.15, 0.2) is 0 Å². The van der Waals surface area contributed by atoms with E-state index in [-0.39, 0.29) is 12.0 Å². The number of benzene rings is 1. The lowest BCUT2D eigenvalue weighted by Gasteiger charge is -2.08. The third-order valence-corrected chi connectivity index (χ3v) is 4.59. The summed E-state index contributed by atoms with van der Waals surface area (Å²) in [6.45, 7) is 2.56. The number of nitrogens with zero attached hydrogens (tertiary/aromatic N) is 1. The molecule has 4 heteroatoms. The molecule has 0 bridgehead atoms. The molecule has 4 nitrogen and oxygen atoms in total. The second kappa shape index (κ2) is 5.69. The summed E-state index contributed by atoms with van der Waals surface area (Å²) in [5, 5.41) is 2.99. The molecule has 0 saturated carbocycles. The molecule has 1 amide bonds. The third kappa shape index (κ3) is 2.81. The van der Waals surface area contributed by atoms with Crippen molar-refractivity contribution < 1.29 is 9.53 Å². The predicted molar refractivity (Wildman–Crippen MR) is 87.7 cm³/mol. The van der Waals surface area contributed by atoms with Gasteiger partial charge in [0.2, 0.25) is 0 Å². The highest BCUT2D eigenvalue weighted by Gasteiger charge is 2.20. The normalized spacial score (nSPS) is 18.2. The summed E-state index contributed by atoms with van der Waals surface area (Å²) in [5.74, 6) is 0.852. The number of fused-ring (bicyclic) bond motifs is 2. The molecule has 2 aromatic rings. The number of pyridine rings is 1. The van der Waals surface area contributed by atoms with Gasteiger partial charge < -0.3 is 10.1 Å². The Balaban J connectivity index is 1.43. The smallest absolute Gasteiger partial charge is 0.251 e. The highest BCUT2D eigenvalue weighted by molar-refractivity contribution is 5.94. The van der Waals surface area contributed by atoms with E-state index in [2.05, 4.69) is 16.4 Å². The van der Waals surface area contributed by atoms with Crippen LogP contribution in [-0.4, -0.2) is 17.0 Å². The molecule has 1 aromatic carbocycles. The van der Waals surface area contributed by atoms with Crippen LogP contribution in [0.15, 0.2) is 30.5 Å². The Kier molecular flexibility index (Phi) is 3.52. The van der Waals surface area contributed by atoms with Crippen molar-refractivity contribution in [1.29, 1.82) is 0 Å². The molecule has 4 rings (SSSR count). The van der Waals surface area contributed by atoms with Crippen LogP contribution in [0.5, 0.6) is 5.75 Å². The number of aromatic nitrogens is 1. The Morgan fingerprint density at radius 2 is 2.22 bits per heavy atom. The summed E-state index contributed by atoms with van der Waals surface area (Å²) in [5.41, 5.74) is 5.42. The van der Waals surface area contributed by atoms with E-state index < -0.39 is 0 Å². The summed E-state index contributed by atoms with van der Waals surface area (Å²) >= 11 is 0. The Bertz CT molecular complexity index is 770. The molecule has 0 saturated heterocycles. The van der Waals surface area contributed by atoms with Crippen LogP contribution in [0.3, 0.4) is 0 Å². The van der Waals surface area contributed by atoms with Gasteiger partial charge in [-0.25, -0.2) is 0 Å². The third-order valence-electron chi connectivity index (χ3n) is 4.59. The van der Waals surface area contributed by atoms with Crippen LogP contribution in [0.2, 0.25) is 0 Å². The lowest BCUT2D eigenvalue weighted by molar-refractivity contribution is 0.0951. The van der Waals surface area contributed by atoms with Gasteiger partial charge in [-0.05, 0) is 61.1 Å². The molecule has 1 aliphatic heterocycles. The second-order valence-corrected chi connectivity index (χ2v) is 6.44. The quantitative estimate of drug-likeness (QED) is 0.948. The van der Waals surface area contributed by atoms with Gasteiger partial charge in [0, 0.05) is 30.4 Å². The van der Waals surface area contributed by atoms with Crippen LogP contribution in [-0.2, 0) is 25.8 Å². The van der Waals surface area contributed by atoms with E-state index in [0.717, 1.165) is 36.1 Å². The van der Waals surface area contributed by atoms with Crippen molar-refractivity contribution >= 4 is 5.91 Å². The highest BCUT2D eigenvalue weighted by atomic mass is 16.5. The minimum atomic E-state index is -0.0483. The SMILES string of the molecule is CC1Cc2cc(C(=O)NCc3cnc4c(c3)CCC4)ccc2O1. The second-order valence-electron chi connectivity index (χ2n) is 6.44.